The normalized spacial score (nSPS) is 16.6. The van der Waals surface area contributed by atoms with Crippen LogP contribution in [0.25, 0.3) is 11.1 Å². The fourth-order valence-electron chi connectivity index (χ4n) is 2.24. The second kappa shape index (κ2) is 5.95. The van der Waals surface area contributed by atoms with Crippen molar-refractivity contribution in [2.24, 2.45) is 0 Å². The Hall–Kier alpha value is -1.72. The van der Waals surface area contributed by atoms with Gasteiger partial charge in [0, 0.05) is 49.4 Å². The summed E-state index contributed by atoms with van der Waals surface area (Å²) in [5, 5.41) is 4.41. The van der Waals surface area contributed by atoms with Crippen LogP contribution in [0.15, 0.2) is 36.9 Å². The van der Waals surface area contributed by atoms with Gasteiger partial charge in [-0.3, -0.25) is 14.6 Å². The molecule has 0 amide bonds. The number of nitrogens with zero attached hydrogens (tertiary/aromatic N) is 4. The van der Waals surface area contributed by atoms with E-state index in [9.17, 15) is 0 Å². The Bertz CT molecular complexity index is 505. The first-order valence-electron chi connectivity index (χ1n) is 6.65. The molecule has 0 aliphatic carbocycles. The molecule has 0 radical (unpaired) electrons. The molecule has 5 heteroatoms. The third-order valence-corrected chi connectivity index (χ3v) is 3.38. The number of ether oxygens (including phenoxy) is 1. The zero-order valence-corrected chi connectivity index (χ0v) is 10.9. The van der Waals surface area contributed by atoms with Gasteiger partial charge in [-0.2, -0.15) is 5.10 Å². The van der Waals surface area contributed by atoms with Crippen molar-refractivity contribution in [2.45, 2.75) is 6.54 Å². The fraction of sp³-hybridized carbons (Fsp3) is 0.429. The molecule has 0 spiro atoms. The molecule has 1 saturated heterocycles. The maximum absolute atomic E-state index is 5.34. The van der Waals surface area contributed by atoms with Gasteiger partial charge < -0.3 is 4.74 Å². The van der Waals surface area contributed by atoms with E-state index >= 15 is 0 Å². The van der Waals surface area contributed by atoms with Crippen molar-refractivity contribution in [3.63, 3.8) is 0 Å². The molecule has 1 aliphatic heterocycles. The number of rotatable bonds is 4. The van der Waals surface area contributed by atoms with Crippen LogP contribution in [0, 0.1) is 0 Å². The summed E-state index contributed by atoms with van der Waals surface area (Å²) in [4.78, 5) is 6.54. The Labute approximate surface area is 112 Å². The second-order valence-electron chi connectivity index (χ2n) is 4.69. The molecule has 2 aromatic heterocycles. The predicted octanol–water partition coefficient (Wildman–Crippen LogP) is 1.28. The van der Waals surface area contributed by atoms with Gasteiger partial charge in [-0.25, -0.2) is 0 Å². The number of aromatic nitrogens is 3. The molecule has 0 N–H and O–H groups in total. The third kappa shape index (κ3) is 3.19. The van der Waals surface area contributed by atoms with Crippen LogP contribution in [0.4, 0.5) is 0 Å². The summed E-state index contributed by atoms with van der Waals surface area (Å²) in [6, 6.07) is 4.00. The highest BCUT2D eigenvalue weighted by molar-refractivity contribution is 5.60. The highest BCUT2D eigenvalue weighted by Gasteiger charge is 2.10. The van der Waals surface area contributed by atoms with Crippen molar-refractivity contribution in [1.82, 2.24) is 19.7 Å². The van der Waals surface area contributed by atoms with Gasteiger partial charge in [0.15, 0.2) is 0 Å². The Morgan fingerprint density at radius 3 is 2.79 bits per heavy atom. The zero-order chi connectivity index (χ0) is 12.9. The van der Waals surface area contributed by atoms with E-state index in [0.717, 1.165) is 50.5 Å². The smallest absolute Gasteiger partial charge is 0.0594 e. The van der Waals surface area contributed by atoms with Gasteiger partial charge in [-0.1, -0.05) is 6.07 Å². The van der Waals surface area contributed by atoms with Gasteiger partial charge in [0.1, 0.15) is 0 Å². The minimum Gasteiger partial charge on any atom is -0.379 e. The highest BCUT2D eigenvalue weighted by Crippen LogP contribution is 2.16. The highest BCUT2D eigenvalue weighted by atomic mass is 16.5. The van der Waals surface area contributed by atoms with Crippen molar-refractivity contribution >= 4 is 0 Å². The van der Waals surface area contributed by atoms with Crippen LogP contribution in [0.3, 0.4) is 0 Å². The summed E-state index contributed by atoms with van der Waals surface area (Å²) < 4.78 is 7.34. The lowest BCUT2D eigenvalue weighted by atomic mass is 10.2. The lowest BCUT2D eigenvalue weighted by Crippen LogP contribution is -2.38. The Balaban J connectivity index is 1.59. The first kappa shape index (κ1) is 12.3. The van der Waals surface area contributed by atoms with Crippen LogP contribution in [-0.2, 0) is 11.3 Å². The van der Waals surface area contributed by atoms with Gasteiger partial charge in [0.05, 0.1) is 26.0 Å². The number of morpholine rings is 1. The molecule has 3 rings (SSSR count). The largest absolute Gasteiger partial charge is 0.379 e. The average molecular weight is 258 g/mol. The summed E-state index contributed by atoms with van der Waals surface area (Å²) in [5.41, 5.74) is 2.23. The molecule has 1 aliphatic rings. The fourth-order valence-corrected chi connectivity index (χ4v) is 2.24. The van der Waals surface area contributed by atoms with Crippen molar-refractivity contribution in [1.29, 1.82) is 0 Å². The van der Waals surface area contributed by atoms with Crippen LogP contribution < -0.4 is 0 Å². The Kier molecular flexibility index (Phi) is 3.86. The summed E-state index contributed by atoms with van der Waals surface area (Å²) >= 11 is 0. The average Bonchev–Trinajstić information content (AvgIpc) is 2.96. The first-order chi connectivity index (χ1) is 9.42. The minimum atomic E-state index is 0.847. The maximum Gasteiger partial charge on any atom is 0.0594 e. The monoisotopic (exact) mass is 258 g/mol. The van der Waals surface area contributed by atoms with E-state index in [0.29, 0.717) is 0 Å². The SMILES string of the molecule is c1cncc(-c2cnn(CCN3CCOCC3)c2)c1. The molecule has 19 heavy (non-hydrogen) atoms. The van der Waals surface area contributed by atoms with Gasteiger partial charge in [0.2, 0.25) is 0 Å². The standard InChI is InChI=1S/C14H18N4O/c1-2-13(10-15-3-1)14-11-16-18(12-14)5-4-17-6-8-19-9-7-17/h1-3,10-12H,4-9H2. The van der Waals surface area contributed by atoms with Gasteiger partial charge in [0.25, 0.3) is 0 Å². The van der Waals surface area contributed by atoms with Crippen LogP contribution >= 0.6 is 0 Å². The summed E-state index contributed by atoms with van der Waals surface area (Å²) in [6.45, 7) is 5.69. The van der Waals surface area contributed by atoms with Gasteiger partial charge in [-0.05, 0) is 6.07 Å². The van der Waals surface area contributed by atoms with Crippen molar-refractivity contribution < 1.29 is 4.74 Å². The van der Waals surface area contributed by atoms with E-state index in [2.05, 4.69) is 27.2 Å². The molecule has 0 saturated carbocycles. The van der Waals surface area contributed by atoms with E-state index < -0.39 is 0 Å². The molecular weight excluding hydrogens is 240 g/mol. The lowest BCUT2D eigenvalue weighted by Gasteiger charge is -2.26. The molecule has 0 aromatic carbocycles. The quantitative estimate of drug-likeness (QED) is 0.828. The van der Waals surface area contributed by atoms with Crippen molar-refractivity contribution in [3.8, 4) is 11.1 Å². The van der Waals surface area contributed by atoms with E-state index in [4.69, 9.17) is 4.74 Å². The maximum atomic E-state index is 5.34. The van der Waals surface area contributed by atoms with Crippen molar-refractivity contribution in [3.05, 3.63) is 36.9 Å². The first-order valence-corrected chi connectivity index (χ1v) is 6.65. The number of pyridine rings is 1. The summed E-state index contributed by atoms with van der Waals surface area (Å²) in [6.07, 6.45) is 7.63. The third-order valence-electron chi connectivity index (χ3n) is 3.38. The molecular formula is C14H18N4O. The molecule has 5 nitrogen and oxygen atoms in total. The van der Waals surface area contributed by atoms with Crippen LogP contribution in [-0.4, -0.2) is 52.5 Å². The van der Waals surface area contributed by atoms with Crippen molar-refractivity contribution in [2.75, 3.05) is 32.8 Å². The molecule has 0 unspecified atom stereocenters. The molecule has 0 atom stereocenters. The topological polar surface area (TPSA) is 43.2 Å². The van der Waals surface area contributed by atoms with Gasteiger partial charge >= 0.3 is 0 Å². The molecule has 100 valence electrons. The Morgan fingerprint density at radius 2 is 2.00 bits per heavy atom. The van der Waals surface area contributed by atoms with E-state index in [1.807, 2.05) is 23.1 Å². The number of hydrogen-bond donors (Lipinski definition) is 0. The predicted molar refractivity (Wildman–Crippen MR) is 72.7 cm³/mol. The Morgan fingerprint density at radius 1 is 1.11 bits per heavy atom. The summed E-state index contributed by atoms with van der Waals surface area (Å²) in [5.74, 6) is 0. The number of hydrogen-bond acceptors (Lipinski definition) is 4. The second-order valence-corrected chi connectivity index (χ2v) is 4.69. The van der Waals surface area contributed by atoms with E-state index in [1.165, 1.54) is 0 Å². The summed E-state index contributed by atoms with van der Waals surface area (Å²) in [7, 11) is 0. The van der Waals surface area contributed by atoms with Crippen LogP contribution in [0.5, 0.6) is 0 Å². The molecule has 2 aromatic rings. The van der Waals surface area contributed by atoms with E-state index in [1.54, 1.807) is 6.20 Å². The minimum absolute atomic E-state index is 0.847. The molecule has 0 bridgehead atoms. The van der Waals surface area contributed by atoms with Crippen LogP contribution in [0.2, 0.25) is 0 Å². The van der Waals surface area contributed by atoms with Gasteiger partial charge in [-0.15, -0.1) is 0 Å². The molecule has 1 fully saturated rings. The zero-order valence-electron chi connectivity index (χ0n) is 10.9. The molecule has 3 heterocycles. The van der Waals surface area contributed by atoms with E-state index in [-0.39, 0.29) is 0 Å². The van der Waals surface area contributed by atoms with Crippen LogP contribution in [0.1, 0.15) is 0 Å². The lowest BCUT2D eigenvalue weighted by molar-refractivity contribution is 0.0360.